The van der Waals surface area contributed by atoms with Gasteiger partial charge in [0.2, 0.25) is 0 Å². The third kappa shape index (κ3) is 4.58. The average Bonchev–Trinajstić information content (AvgIpc) is 2.29. The summed E-state index contributed by atoms with van der Waals surface area (Å²) in [5, 5.41) is 0. The number of nitrogens with zero attached hydrogens (tertiary/aromatic N) is 1. The van der Waals surface area contributed by atoms with Gasteiger partial charge in [-0.1, -0.05) is 13.0 Å². The van der Waals surface area contributed by atoms with Gasteiger partial charge in [-0.3, -0.25) is 0 Å². The molecule has 0 heterocycles. The van der Waals surface area contributed by atoms with Crippen molar-refractivity contribution in [2.45, 2.75) is 18.4 Å². The van der Waals surface area contributed by atoms with Crippen LogP contribution in [0.4, 0.5) is 0 Å². The fourth-order valence-corrected chi connectivity index (χ4v) is 2.35. The fourth-order valence-electron chi connectivity index (χ4n) is 1.51. The molecule has 1 aromatic rings. The highest BCUT2D eigenvalue weighted by Gasteiger charge is 2.08. The molecule has 0 atom stereocenters. The summed E-state index contributed by atoms with van der Waals surface area (Å²) in [6, 6.07) is 6.13. The van der Waals surface area contributed by atoms with E-state index in [1.165, 1.54) is 4.90 Å². The van der Waals surface area contributed by atoms with Crippen LogP contribution in [0.15, 0.2) is 23.1 Å². The molecule has 0 aliphatic rings. The average molecular weight is 254 g/mol. The Morgan fingerprint density at radius 2 is 2.12 bits per heavy atom. The lowest BCUT2D eigenvalue weighted by Gasteiger charge is -2.15. The van der Waals surface area contributed by atoms with Crippen molar-refractivity contribution >= 4 is 11.8 Å². The van der Waals surface area contributed by atoms with E-state index in [-0.39, 0.29) is 0 Å². The van der Waals surface area contributed by atoms with E-state index in [1.54, 1.807) is 0 Å². The highest BCUT2D eigenvalue weighted by atomic mass is 32.2. The van der Waals surface area contributed by atoms with Crippen LogP contribution in [0.1, 0.15) is 12.5 Å². The Labute approximate surface area is 108 Å². The van der Waals surface area contributed by atoms with Crippen molar-refractivity contribution in [2.75, 3.05) is 33.0 Å². The minimum Gasteiger partial charge on any atom is -0.492 e. The number of hydrogen-bond donors (Lipinski definition) is 1. The minimum atomic E-state index is 0.528. The van der Waals surface area contributed by atoms with Crippen LogP contribution < -0.4 is 10.5 Å². The second-order valence-corrected chi connectivity index (χ2v) is 5.33. The van der Waals surface area contributed by atoms with Crippen LogP contribution in [-0.2, 0) is 6.54 Å². The Morgan fingerprint density at radius 3 is 2.71 bits per heavy atom. The Bertz CT molecular complexity index is 342. The normalized spacial score (nSPS) is 10.9. The van der Waals surface area contributed by atoms with Gasteiger partial charge in [0.25, 0.3) is 0 Å². The second-order valence-electron chi connectivity index (χ2n) is 4.02. The molecular weight excluding hydrogens is 232 g/mol. The molecule has 0 aliphatic heterocycles. The molecule has 0 saturated heterocycles. The highest BCUT2D eigenvalue weighted by molar-refractivity contribution is 7.99. The fraction of sp³-hybridized carbons (Fsp3) is 0.538. The maximum absolute atomic E-state index is 5.81. The van der Waals surface area contributed by atoms with Gasteiger partial charge in [0.1, 0.15) is 12.4 Å². The number of benzene rings is 1. The summed E-state index contributed by atoms with van der Waals surface area (Å²) < 4.78 is 5.79. The second kappa shape index (κ2) is 7.58. The topological polar surface area (TPSA) is 38.5 Å². The molecule has 0 amide bonds. The van der Waals surface area contributed by atoms with Gasteiger partial charge in [0, 0.05) is 23.5 Å². The summed E-state index contributed by atoms with van der Waals surface area (Å²) in [5.74, 6) is 1.97. The quantitative estimate of drug-likeness (QED) is 0.757. The highest BCUT2D eigenvalue weighted by Crippen LogP contribution is 2.29. The molecule has 1 rings (SSSR count). The summed E-state index contributed by atoms with van der Waals surface area (Å²) in [4.78, 5) is 3.34. The molecule has 2 N–H and O–H groups in total. The van der Waals surface area contributed by atoms with E-state index in [0.717, 1.165) is 23.6 Å². The summed E-state index contributed by atoms with van der Waals surface area (Å²) in [6.07, 6.45) is 0. The molecule has 0 fully saturated rings. The first-order chi connectivity index (χ1) is 8.19. The van der Waals surface area contributed by atoms with E-state index in [0.29, 0.717) is 13.2 Å². The van der Waals surface area contributed by atoms with Crippen molar-refractivity contribution in [3.63, 3.8) is 0 Å². The van der Waals surface area contributed by atoms with Crippen LogP contribution in [0.3, 0.4) is 0 Å². The molecule has 0 bridgehead atoms. The van der Waals surface area contributed by atoms with Crippen molar-refractivity contribution in [1.29, 1.82) is 0 Å². The van der Waals surface area contributed by atoms with Crippen molar-refractivity contribution in [1.82, 2.24) is 4.90 Å². The first kappa shape index (κ1) is 14.4. The van der Waals surface area contributed by atoms with Gasteiger partial charge in [-0.25, -0.2) is 0 Å². The number of hydrogen-bond acceptors (Lipinski definition) is 4. The van der Waals surface area contributed by atoms with E-state index in [2.05, 4.69) is 17.9 Å². The number of rotatable bonds is 7. The van der Waals surface area contributed by atoms with Gasteiger partial charge in [0.05, 0.1) is 0 Å². The van der Waals surface area contributed by atoms with Crippen molar-refractivity contribution in [2.24, 2.45) is 5.73 Å². The number of thioether (sulfide) groups is 1. The number of nitrogens with two attached hydrogens (primary N) is 1. The predicted molar refractivity (Wildman–Crippen MR) is 74.8 cm³/mol. The van der Waals surface area contributed by atoms with E-state index in [1.807, 2.05) is 38.0 Å². The molecule has 17 heavy (non-hydrogen) atoms. The van der Waals surface area contributed by atoms with E-state index < -0.39 is 0 Å². The third-order valence-electron chi connectivity index (χ3n) is 2.39. The van der Waals surface area contributed by atoms with Crippen LogP contribution in [0, 0.1) is 0 Å². The zero-order valence-electron chi connectivity index (χ0n) is 10.9. The van der Waals surface area contributed by atoms with Crippen molar-refractivity contribution < 1.29 is 4.74 Å². The SMILES string of the molecule is CCSc1cccc(OCCN(C)C)c1CN. The first-order valence-corrected chi connectivity index (χ1v) is 6.89. The van der Waals surface area contributed by atoms with Crippen LogP contribution >= 0.6 is 11.8 Å². The molecule has 0 spiro atoms. The lowest BCUT2D eigenvalue weighted by atomic mass is 10.2. The zero-order chi connectivity index (χ0) is 12.7. The molecule has 3 nitrogen and oxygen atoms in total. The molecule has 0 saturated carbocycles. The number of likely N-dealkylation sites (N-methyl/N-ethyl adjacent to an activating group) is 1. The summed E-state index contributed by atoms with van der Waals surface area (Å²) in [7, 11) is 4.08. The van der Waals surface area contributed by atoms with Crippen molar-refractivity contribution in [3.05, 3.63) is 23.8 Å². The zero-order valence-corrected chi connectivity index (χ0v) is 11.7. The molecule has 0 aromatic heterocycles. The Hall–Kier alpha value is -0.710. The maximum atomic E-state index is 5.81. The maximum Gasteiger partial charge on any atom is 0.124 e. The monoisotopic (exact) mass is 254 g/mol. The largest absolute Gasteiger partial charge is 0.492 e. The lowest BCUT2D eigenvalue weighted by Crippen LogP contribution is -2.20. The standard InChI is InChI=1S/C13H22N2OS/c1-4-17-13-7-5-6-12(11(13)10-14)16-9-8-15(2)3/h5-7H,4,8-10,14H2,1-3H3. The van der Waals surface area contributed by atoms with Crippen LogP contribution in [0.25, 0.3) is 0 Å². The van der Waals surface area contributed by atoms with E-state index in [4.69, 9.17) is 10.5 Å². The molecular formula is C13H22N2OS. The van der Waals surface area contributed by atoms with Crippen LogP contribution in [0.5, 0.6) is 5.75 Å². The molecule has 0 unspecified atom stereocenters. The smallest absolute Gasteiger partial charge is 0.124 e. The third-order valence-corrected chi connectivity index (χ3v) is 3.37. The number of ether oxygens (including phenoxy) is 1. The Morgan fingerprint density at radius 1 is 1.35 bits per heavy atom. The lowest BCUT2D eigenvalue weighted by molar-refractivity contribution is 0.259. The first-order valence-electron chi connectivity index (χ1n) is 5.91. The summed E-state index contributed by atoms with van der Waals surface area (Å²) >= 11 is 1.81. The Balaban J connectivity index is 2.73. The van der Waals surface area contributed by atoms with Gasteiger partial charge in [0.15, 0.2) is 0 Å². The molecule has 1 aromatic carbocycles. The van der Waals surface area contributed by atoms with Gasteiger partial charge in [-0.15, -0.1) is 11.8 Å². The minimum absolute atomic E-state index is 0.528. The summed E-state index contributed by atoms with van der Waals surface area (Å²) in [5.41, 5.74) is 6.93. The van der Waals surface area contributed by atoms with Gasteiger partial charge < -0.3 is 15.4 Å². The van der Waals surface area contributed by atoms with Gasteiger partial charge >= 0.3 is 0 Å². The molecule has 96 valence electrons. The van der Waals surface area contributed by atoms with E-state index >= 15 is 0 Å². The van der Waals surface area contributed by atoms with Gasteiger partial charge in [-0.05, 0) is 32.0 Å². The van der Waals surface area contributed by atoms with Crippen LogP contribution in [0.2, 0.25) is 0 Å². The van der Waals surface area contributed by atoms with Gasteiger partial charge in [-0.2, -0.15) is 0 Å². The Kier molecular flexibility index (Phi) is 6.40. The molecule has 4 heteroatoms. The molecule has 0 radical (unpaired) electrons. The van der Waals surface area contributed by atoms with E-state index in [9.17, 15) is 0 Å². The van der Waals surface area contributed by atoms with Crippen LogP contribution in [-0.4, -0.2) is 37.9 Å². The van der Waals surface area contributed by atoms with Crippen molar-refractivity contribution in [3.8, 4) is 5.75 Å². The summed E-state index contributed by atoms with van der Waals surface area (Å²) in [6.45, 7) is 4.28. The predicted octanol–water partition coefficient (Wildman–Crippen LogP) is 2.20. The molecule has 0 aliphatic carbocycles.